The molecule has 1 aromatic carbocycles. The molecule has 1 rings (SSSR count). The maximum atomic E-state index is 12.1. The van der Waals surface area contributed by atoms with Crippen LogP contribution in [-0.2, 0) is 9.59 Å². The second-order valence-corrected chi connectivity index (χ2v) is 4.87. The summed E-state index contributed by atoms with van der Waals surface area (Å²) in [6.07, 6.45) is 0.751. The first-order chi connectivity index (χ1) is 8.86. The van der Waals surface area contributed by atoms with E-state index in [-0.39, 0.29) is 18.1 Å². The average molecular weight is 263 g/mol. The summed E-state index contributed by atoms with van der Waals surface area (Å²) in [5, 5.41) is 8.82. The molecule has 4 heteroatoms. The lowest BCUT2D eigenvalue weighted by molar-refractivity contribution is -0.137. The van der Waals surface area contributed by atoms with Crippen molar-refractivity contribution >= 4 is 17.4 Å². The van der Waals surface area contributed by atoms with Gasteiger partial charge in [-0.2, -0.15) is 0 Å². The number of carboxylic acid groups (broad SMARTS) is 1. The van der Waals surface area contributed by atoms with Gasteiger partial charge in [0, 0.05) is 24.4 Å². The molecule has 0 aliphatic rings. The van der Waals surface area contributed by atoms with Crippen molar-refractivity contribution in [3.63, 3.8) is 0 Å². The third-order valence-electron chi connectivity index (χ3n) is 3.35. The van der Waals surface area contributed by atoms with Crippen molar-refractivity contribution in [3.05, 3.63) is 28.8 Å². The van der Waals surface area contributed by atoms with Gasteiger partial charge in [0.1, 0.15) is 5.78 Å². The molecule has 19 heavy (non-hydrogen) atoms. The Labute approximate surface area is 113 Å². The van der Waals surface area contributed by atoms with Crippen molar-refractivity contribution in [1.29, 1.82) is 0 Å². The number of ketones is 1. The highest BCUT2D eigenvalue weighted by atomic mass is 16.4. The topological polar surface area (TPSA) is 80.4 Å². The van der Waals surface area contributed by atoms with Gasteiger partial charge in [-0.05, 0) is 49.1 Å². The van der Waals surface area contributed by atoms with Gasteiger partial charge in [-0.25, -0.2) is 0 Å². The first-order valence-electron chi connectivity index (χ1n) is 6.48. The largest absolute Gasteiger partial charge is 0.481 e. The molecule has 0 bridgehead atoms. The van der Waals surface area contributed by atoms with Crippen LogP contribution in [-0.4, -0.2) is 16.9 Å². The molecule has 1 aromatic rings. The van der Waals surface area contributed by atoms with Crippen molar-refractivity contribution in [3.8, 4) is 0 Å². The van der Waals surface area contributed by atoms with Gasteiger partial charge in [0.2, 0.25) is 0 Å². The Balaban J connectivity index is 3.17. The van der Waals surface area contributed by atoms with E-state index in [0.29, 0.717) is 18.5 Å². The average Bonchev–Trinajstić information content (AvgIpc) is 2.30. The Morgan fingerprint density at radius 2 is 1.79 bits per heavy atom. The van der Waals surface area contributed by atoms with Crippen molar-refractivity contribution in [2.24, 2.45) is 0 Å². The normalized spacial score (nSPS) is 12.2. The van der Waals surface area contributed by atoms with E-state index in [1.807, 2.05) is 26.0 Å². The minimum Gasteiger partial charge on any atom is -0.481 e. The van der Waals surface area contributed by atoms with Gasteiger partial charge in [-0.1, -0.05) is 6.92 Å². The molecule has 0 heterocycles. The molecule has 0 aromatic heterocycles. The molecule has 0 amide bonds. The van der Waals surface area contributed by atoms with E-state index in [0.717, 1.165) is 16.7 Å². The number of carboxylic acids is 1. The number of nitrogens with two attached hydrogens (primary N) is 1. The lowest BCUT2D eigenvalue weighted by atomic mass is 9.83. The van der Waals surface area contributed by atoms with Crippen LogP contribution in [0.15, 0.2) is 12.1 Å². The van der Waals surface area contributed by atoms with Crippen LogP contribution in [0.25, 0.3) is 0 Å². The Morgan fingerprint density at radius 1 is 1.26 bits per heavy atom. The molecule has 104 valence electrons. The van der Waals surface area contributed by atoms with E-state index in [1.165, 1.54) is 0 Å². The van der Waals surface area contributed by atoms with Crippen LogP contribution >= 0.6 is 0 Å². The zero-order valence-corrected chi connectivity index (χ0v) is 11.7. The summed E-state index contributed by atoms with van der Waals surface area (Å²) in [6, 6.07) is 3.66. The number of Topliss-reactive ketones (excluding diaryl/α,β-unsaturated/α-hetero) is 1. The maximum absolute atomic E-state index is 12.1. The molecule has 0 spiro atoms. The number of rotatable bonds is 6. The lowest BCUT2D eigenvalue weighted by Crippen LogP contribution is -2.16. The molecule has 0 saturated carbocycles. The summed E-state index contributed by atoms with van der Waals surface area (Å²) in [6.45, 7) is 5.63. The molecule has 0 radical (unpaired) electrons. The van der Waals surface area contributed by atoms with Crippen LogP contribution < -0.4 is 5.73 Å². The predicted molar refractivity (Wildman–Crippen MR) is 75.2 cm³/mol. The highest BCUT2D eigenvalue weighted by Crippen LogP contribution is 2.31. The van der Waals surface area contributed by atoms with Gasteiger partial charge in [-0.3, -0.25) is 9.59 Å². The fourth-order valence-corrected chi connectivity index (χ4v) is 2.54. The molecule has 0 fully saturated rings. The van der Waals surface area contributed by atoms with Gasteiger partial charge >= 0.3 is 5.97 Å². The molecule has 1 unspecified atom stereocenters. The van der Waals surface area contributed by atoms with Crippen molar-refractivity contribution < 1.29 is 14.7 Å². The minimum absolute atomic E-state index is 0.000334. The number of carbonyl (C=O) groups is 2. The van der Waals surface area contributed by atoms with Crippen LogP contribution in [0.2, 0.25) is 0 Å². The second kappa shape index (κ2) is 6.36. The summed E-state index contributed by atoms with van der Waals surface area (Å²) < 4.78 is 0. The molecule has 1 atom stereocenters. The molecule has 3 N–H and O–H groups in total. The molecular formula is C15H21NO3. The number of nitrogen functional groups attached to an aromatic ring is 1. The number of aryl methyl sites for hydroxylation is 2. The highest BCUT2D eigenvalue weighted by molar-refractivity contribution is 5.87. The molecule has 0 saturated heterocycles. The SMILES string of the molecule is CCC(=O)C(CCC(=O)O)c1c(C)cc(N)cc1C. The maximum Gasteiger partial charge on any atom is 0.303 e. The van der Waals surface area contributed by atoms with Gasteiger partial charge in [0.05, 0.1) is 0 Å². The number of hydrogen-bond acceptors (Lipinski definition) is 3. The Hall–Kier alpha value is -1.84. The molecule has 0 aliphatic carbocycles. The standard InChI is InChI=1S/C15H21NO3/c1-4-13(17)12(5-6-14(18)19)15-9(2)7-11(16)8-10(15)3/h7-8,12H,4-6,16H2,1-3H3,(H,18,19). The van der Waals surface area contributed by atoms with E-state index < -0.39 is 5.97 Å². The summed E-state index contributed by atoms with van der Waals surface area (Å²) in [7, 11) is 0. The van der Waals surface area contributed by atoms with Gasteiger partial charge in [-0.15, -0.1) is 0 Å². The fourth-order valence-electron chi connectivity index (χ4n) is 2.54. The first-order valence-corrected chi connectivity index (χ1v) is 6.48. The highest BCUT2D eigenvalue weighted by Gasteiger charge is 2.23. The van der Waals surface area contributed by atoms with Crippen LogP contribution in [0.3, 0.4) is 0 Å². The van der Waals surface area contributed by atoms with Gasteiger partial charge in [0.25, 0.3) is 0 Å². The summed E-state index contributed by atoms with van der Waals surface area (Å²) in [5.41, 5.74) is 9.29. The summed E-state index contributed by atoms with van der Waals surface area (Å²) in [4.78, 5) is 22.8. The molecule has 4 nitrogen and oxygen atoms in total. The number of aliphatic carboxylic acids is 1. The van der Waals surface area contributed by atoms with Gasteiger partial charge in [0.15, 0.2) is 0 Å². The molecule has 0 aliphatic heterocycles. The third kappa shape index (κ3) is 3.81. The van der Waals surface area contributed by atoms with E-state index in [4.69, 9.17) is 10.8 Å². The predicted octanol–water partition coefficient (Wildman–Crippen LogP) is 2.81. The smallest absolute Gasteiger partial charge is 0.303 e. The fraction of sp³-hybridized carbons (Fsp3) is 0.467. The zero-order chi connectivity index (χ0) is 14.6. The summed E-state index contributed by atoms with van der Waals surface area (Å²) in [5.74, 6) is -1.14. The van der Waals surface area contributed by atoms with E-state index >= 15 is 0 Å². The number of anilines is 1. The first kappa shape index (κ1) is 15.2. The van der Waals surface area contributed by atoms with Crippen molar-refractivity contribution in [2.75, 3.05) is 5.73 Å². The third-order valence-corrected chi connectivity index (χ3v) is 3.35. The van der Waals surface area contributed by atoms with Crippen LogP contribution in [0.4, 0.5) is 5.69 Å². The minimum atomic E-state index is -0.875. The Morgan fingerprint density at radius 3 is 2.21 bits per heavy atom. The number of carbonyl (C=O) groups excluding carboxylic acids is 1. The Kier molecular flexibility index (Phi) is 5.10. The van der Waals surface area contributed by atoms with Crippen LogP contribution in [0, 0.1) is 13.8 Å². The Bertz CT molecular complexity index is 471. The zero-order valence-electron chi connectivity index (χ0n) is 11.7. The molecular weight excluding hydrogens is 242 g/mol. The lowest BCUT2D eigenvalue weighted by Gasteiger charge is -2.20. The van der Waals surface area contributed by atoms with Crippen molar-refractivity contribution in [1.82, 2.24) is 0 Å². The van der Waals surface area contributed by atoms with E-state index in [1.54, 1.807) is 6.92 Å². The van der Waals surface area contributed by atoms with Crippen LogP contribution in [0.1, 0.15) is 48.8 Å². The number of benzene rings is 1. The van der Waals surface area contributed by atoms with E-state index in [9.17, 15) is 9.59 Å². The van der Waals surface area contributed by atoms with E-state index in [2.05, 4.69) is 0 Å². The summed E-state index contributed by atoms with van der Waals surface area (Å²) >= 11 is 0. The van der Waals surface area contributed by atoms with Crippen LogP contribution in [0.5, 0.6) is 0 Å². The second-order valence-electron chi connectivity index (χ2n) is 4.87. The quantitative estimate of drug-likeness (QED) is 0.773. The van der Waals surface area contributed by atoms with Crippen molar-refractivity contribution in [2.45, 2.75) is 46.0 Å². The van der Waals surface area contributed by atoms with Gasteiger partial charge < -0.3 is 10.8 Å². The number of hydrogen-bond donors (Lipinski definition) is 2. The monoisotopic (exact) mass is 263 g/mol.